The lowest BCUT2D eigenvalue weighted by atomic mass is 10.0. The number of likely N-dealkylation sites (tertiary alicyclic amines) is 1. The van der Waals surface area contributed by atoms with Crippen molar-refractivity contribution < 1.29 is 24.2 Å². The molecule has 0 saturated carbocycles. The molecule has 3 N–H and O–H groups in total. The molecule has 0 spiro atoms. The molecular formula is C22H26N6O5. The van der Waals surface area contributed by atoms with Crippen LogP contribution in [0.25, 0.3) is 0 Å². The highest BCUT2D eigenvalue weighted by molar-refractivity contribution is 5.90. The SMILES string of the molecule is CCOC(=O)N1CCC2=C(C1)CN(C(N)=O)N2c1cc(C#C[C@]2(O)CCN(C)C2=O)ccn1. The maximum atomic E-state index is 12.2. The van der Waals surface area contributed by atoms with Crippen molar-refractivity contribution in [3.63, 3.8) is 0 Å². The van der Waals surface area contributed by atoms with Gasteiger partial charge < -0.3 is 25.4 Å². The van der Waals surface area contributed by atoms with Crippen LogP contribution in [0.15, 0.2) is 29.6 Å². The van der Waals surface area contributed by atoms with Crippen LogP contribution in [0.2, 0.25) is 0 Å². The summed E-state index contributed by atoms with van der Waals surface area (Å²) in [5.74, 6) is 5.55. The topological polar surface area (TPSA) is 133 Å². The molecule has 0 aromatic carbocycles. The lowest BCUT2D eigenvalue weighted by molar-refractivity contribution is -0.137. The van der Waals surface area contributed by atoms with Gasteiger partial charge in [0.05, 0.1) is 13.2 Å². The Balaban J connectivity index is 1.62. The third-order valence-corrected chi connectivity index (χ3v) is 5.91. The predicted molar refractivity (Wildman–Crippen MR) is 117 cm³/mol. The van der Waals surface area contributed by atoms with E-state index in [1.807, 2.05) is 0 Å². The van der Waals surface area contributed by atoms with Crippen LogP contribution in [0.5, 0.6) is 0 Å². The average molecular weight is 454 g/mol. The normalized spacial score (nSPS) is 22.3. The summed E-state index contributed by atoms with van der Waals surface area (Å²) in [6.45, 7) is 3.47. The Labute approximate surface area is 191 Å². The standard InChI is InChI=1S/C22H26N6O5/c1-3-33-21(31)26-10-6-17-16(13-26)14-27(20(23)30)28(17)18-12-15(5-9-24-18)4-7-22(32)8-11-25(2)19(22)29/h5,9,12,32H,3,6,8,10-11,13-14H2,1-2H3,(H2,23,30)/t22-/m0/s1. The van der Waals surface area contributed by atoms with Gasteiger partial charge in [-0.15, -0.1) is 0 Å². The van der Waals surface area contributed by atoms with Crippen LogP contribution in [0.3, 0.4) is 0 Å². The van der Waals surface area contributed by atoms with Gasteiger partial charge in [0, 0.05) is 57.0 Å². The van der Waals surface area contributed by atoms with E-state index in [0.717, 1.165) is 11.3 Å². The molecule has 0 unspecified atom stereocenters. The number of rotatable bonds is 2. The number of likely N-dealkylation sites (N-methyl/N-ethyl adjacent to an activating group) is 1. The third kappa shape index (κ3) is 4.17. The van der Waals surface area contributed by atoms with Crippen LogP contribution in [0, 0.1) is 11.8 Å². The van der Waals surface area contributed by atoms with Crippen molar-refractivity contribution in [3.05, 3.63) is 35.2 Å². The Bertz CT molecular complexity index is 1090. The van der Waals surface area contributed by atoms with Gasteiger partial charge in [0.2, 0.25) is 5.60 Å². The monoisotopic (exact) mass is 454 g/mol. The number of ether oxygens (including phenoxy) is 1. The number of aliphatic hydroxyl groups is 1. The van der Waals surface area contributed by atoms with Gasteiger partial charge >= 0.3 is 12.1 Å². The minimum Gasteiger partial charge on any atom is -0.450 e. The summed E-state index contributed by atoms with van der Waals surface area (Å²) in [6.07, 6.45) is 1.88. The maximum Gasteiger partial charge on any atom is 0.410 e. The second-order valence-electron chi connectivity index (χ2n) is 8.12. The molecule has 0 radical (unpaired) electrons. The molecule has 0 bridgehead atoms. The fourth-order valence-electron chi connectivity index (χ4n) is 4.18. The number of urea groups is 1. The Hall–Kier alpha value is -3.78. The van der Waals surface area contributed by atoms with E-state index in [9.17, 15) is 19.5 Å². The van der Waals surface area contributed by atoms with Gasteiger partial charge in [-0.2, -0.15) is 0 Å². The average Bonchev–Trinajstić information content (AvgIpc) is 3.31. The van der Waals surface area contributed by atoms with Crippen molar-refractivity contribution in [2.24, 2.45) is 5.73 Å². The molecule has 3 aliphatic rings. The first-order chi connectivity index (χ1) is 15.7. The number of pyridine rings is 1. The van der Waals surface area contributed by atoms with E-state index in [1.54, 1.807) is 36.0 Å². The highest BCUT2D eigenvalue weighted by Crippen LogP contribution is 2.34. The molecular weight excluding hydrogens is 428 g/mol. The van der Waals surface area contributed by atoms with Crippen molar-refractivity contribution in [3.8, 4) is 11.8 Å². The number of carbonyl (C=O) groups excluding carboxylic acids is 3. The van der Waals surface area contributed by atoms with Gasteiger partial charge in [-0.1, -0.05) is 11.8 Å². The molecule has 3 aliphatic heterocycles. The smallest absolute Gasteiger partial charge is 0.410 e. The fraction of sp³-hybridized carbons (Fsp3) is 0.455. The van der Waals surface area contributed by atoms with Crippen LogP contribution in [-0.4, -0.2) is 88.4 Å². The first kappa shape index (κ1) is 22.4. The predicted octanol–water partition coefficient (Wildman–Crippen LogP) is 0.258. The van der Waals surface area contributed by atoms with Crippen LogP contribution >= 0.6 is 0 Å². The fourth-order valence-corrected chi connectivity index (χ4v) is 4.18. The van der Waals surface area contributed by atoms with Crippen molar-refractivity contribution in [1.29, 1.82) is 0 Å². The number of hydrazine groups is 1. The number of hydrogen-bond donors (Lipinski definition) is 2. The van der Waals surface area contributed by atoms with Gasteiger partial charge in [-0.3, -0.25) is 4.79 Å². The Morgan fingerprint density at radius 3 is 2.79 bits per heavy atom. The number of hydrogen-bond acceptors (Lipinski definition) is 7. The summed E-state index contributed by atoms with van der Waals surface area (Å²) in [4.78, 5) is 43.9. The summed E-state index contributed by atoms with van der Waals surface area (Å²) in [7, 11) is 1.62. The highest BCUT2D eigenvalue weighted by atomic mass is 16.6. The molecule has 1 fully saturated rings. The summed E-state index contributed by atoms with van der Waals surface area (Å²) < 4.78 is 5.09. The molecule has 11 heteroatoms. The lowest BCUT2D eigenvalue weighted by Crippen LogP contribution is -2.45. The lowest BCUT2D eigenvalue weighted by Gasteiger charge is -2.32. The first-order valence-corrected chi connectivity index (χ1v) is 10.7. The molecule has 33 heavy (non-hydrogen) atoms. The van der Waals surface area contributed by atoms with E-state index in [4.69, 9.17) is 10.5 Å². The van der Waals surface area contributed by atoms with Gasteiger partial charge in [0.1, 0.15) is 0 Å². The third-order valence-electron chi connectivity index (χ3n) is 5.91. The quantitative estimate of drug-likeness (QED) is 0.613. The second kappa shape index (κ2) is 8.63. The van der Waals surface area contributed by atoms with Crippen LogP contribution in [-0.2, 0) is 9.53 Å². The van der Waals surface area contributed by atoms with Crippen LogP contribution < -0.4 is 10.7 Å². The van der Waals surface area contributed by atoms with Crippen LogP contribution in [0.1, 0.15) is 25.3 Å². The van der Waals surface area contributed by atoms with Crippen molar-refractivity contribution in [2.75, 3.05) is 44.8 Å². The zero-order valence-electron chi connectivity index (χ0n) is 18.6. The van der Waals surface area contributed by atoms with Crippen molar-refractivity contribution >= 4 is 23.8 Å². The Morgan fingerprint density at radius 1 is 1.33 bits per heavy atom. The molecule has 4 amide bonds. The van der Waals surface area contributed by atoms with Gasteiger partial charge in [0.15, 0.2) is 5.82 Å². The second-order valence-corrected chi connectivity index (χ2v) is 8.12. The van der Waals surface area contributed by atoms with E-state index in [-0.39, 0.29) is 19.6 Å². The van der Waals surface area contributed by atoms with E-state index >= 15 is 0 Å². The first-order valence-electron chi connectivity index (χ1n) is 10.7. The molecule has 4 rings (SSSR count). The van der Waals surface area contributed by atoms with Gasteiger partial charge in [-0.25, -0.2) is 24.6 Å². The number of nitrogens with zero attached hydrogens (tertiary/aromatic N) is 5. The Morgan fingerprint density at radius 2 is 2.12 bits per heavy atom. The summed E-state index contributed by atoms with van der Waals surface area (Å²) in [6, 6.07) is 2.68. The molecule has 0 aliphatic carbocycles. The van der Waals surface area contributed by atoms with Gasteiger partial charge in [0.25, 0.3) is 5.91 Å². The largest absolute Gasteiger partial charge is 0.450 e. The van der Waals surface area contributed by atoms with Crippen LogP contribution in [0.4, 0.5) is 15.4 Å². The molecule has 1 saturated heterocycles. The minimum atomic E-state index is -1.71. The molecule has 1 aromatic heterocycles. The van der Waals surface area contributed by atoms with E-state index in [2.05, 4.69) is 16.8 Å². The Kier molecular flexibility index (Phi) is 5.86. The number of anilines is 1. The summed E-state index contributed by atoms with van der Waals surface area (Å²) >= 11 is 0. The van der Waals surface area contributed by atoms with Crippen molar-refractivity contribution in [1.82, 2.24) is 19.8 Å². The van der Waals surface area contributed by atoms with E-state index < -0.39 is 23.6 Å². The summed E-state index contributed by atoms with van der Waals surface area (Å²) in [5, 5.41) is 13.5. The zero-order chi connectivity index (χ0) is 23.8. The number of carbonyl (C=O) groups is 3. The molecule has 4 heterocycles. The van der Waals surface area contributed by atoms with Crippen molar-refractivity contribution in [2.45, 2.75) is 25.4 Å². The molecule has 174 valence electrons. The summed E-state index contributed by atoms with van der Waals surface area (Å²) in [5.41, 5.74) is 6.17. The number of primary amides is 1. The number of aromatic nitrogens is 1. The molecule has 1 atom stereocenters. The van der Waals surface area contributed by atoms with E-state index in [0.29, 0.717) is 37.4 Å². The minimum absolute atomic E-state index is 0.235. The highest BCUT2D eigenvalue weighted by Gasteiger charge is 2.42. The zero-order valence-corrected chi connectivity index (χ0v) is 18.6. The van der Waals surface area contributed by atoms with Gasteiger partial charge in [-0.05, 0) is 24.6 Å². The number of amides is 4. The molecule has 11 nitrogen and oxygen atoms in total. The molecule has 1 aromatic rings. The maximum absolute atomic E-state index is 12.2. The van der Waals surface area contributed by atoms with E-state index in [1.165, 1.54) is 16.1 Å². The number of nitrogens with two attached hydrogens (primary N) is 1.